The third kappa shape index (κ3) is 2.20. The van der Waals surface area contributed by atoms with Crippen molar-refractivity contribution in [2.45, 2.75) is 38.8 Å². The Kier molecular flexibility index (Phi) is 3.18. The lowest BCUT2D eigenvalue weighted by molar-refractivity contribution is -0.942. The van der Waals surface area contributed by atoms with Crippen LogP contribution in [0.5, 0.6) is 0 Å². The van der Waals surface area contributed by atoms with E-state index in [1.165, 1.54) is 37.1 Å². The van der Waals surface area contributed by atoms with Gasteiger partial charge in [-0.2, -0.15) is 0 Å². The third-order valence-electron chi connectivity index (χ3n) is 3.85. The number of hydrogen-bond acceptors (Lipinski definition) is 3. The van der Waals surface area contributed by atoms with Crippen LogP contribution < -0.4 is 10.5 Å². The Morgan fingerprint density at radius 2 is 2.44 bits per heavy atom. The molecule has 5 heteroatoms. The number of fused-ring (bicyclic) bond motifs is 1. The molecule has 0 spiro atoms. The van der Waals surface area contributed by atoms with E-state index < -0.39 is 0 Å². The number of nitrogens with one attached hydrogen (secondary N) is 1. The summed E-state index contributed by atoms with van der Waals surface area (Å²) in [6.07, 6.45) is 5.70. The average molecular weight is 264 g/mol. The first kappa shape index (κ1) is 11.9. The van der Waals surface area contributed by atoms with E-state index in [9.17, 15) is 4.79 Å². The fourth-order valence-corrected chi connectivity index (χ4v) is 3.47. The van der Waals surface area contributed by atoms with Crippen molar-refractivity contribution in [2.75, 3.05) is 6.54 Å². The lowest BCUT2D eigenvalue weighted by Crippen LogP contribution is -3.15. The Morgan fingerprint density at radius 3 is 3.28 bits per heavy atom. The molecule has 0 saturated carbocycles. The van der Waals surface area contributed by atoms with Gasteiger partial charge in [0, 0.05) is 17.6 Å². The van der Waals surface area contributed by atoms with Crippen LogP contribution in [0, 0.1) is 0 Å². The molecule has 3 rings (SSSR count). The highest BCUT2D eigenvalue weighted by Crippen LogP contribution is 2.07. The van der Waals surface area contributed by atoms with Crippen LogP contribution in [0.15, 0.2) is 22.4 Å². The summed E-state index contributed by atoms with van der Waals surface area (Å²) in [6.45, 7) is 4.38. The number of quaternary nitrogens is 1. The van der Waals surface area contributed by atoms with Gasteiger partial charge in [-0.1, -0.05) is 0 Å². The Bertz CT molecular complexity index is 604. The summed E-state index contributed by atoms with van der Waals surface area (Å²) in [7, 11) is 0. The van der Waals surface area contributed by atoms with E-state index in [1.807, 2.05) is 5.38 Å². The topological polar surface area (TPSA) is 38.8 Å². The third-order valence-corrected chi connectivity index (χ3v) is 4.60. The molecule has 0 bridgehead atoms. The number of likely N-dealkylation sites (tertiary alicyclic amines) is 1. The minimum Gasteiger partial charge on any atom is -0.328 e. The van der Waals surface area contributed by atoms with Crippen molar-refractivity contribution in [3.63, 3.8) is 0 Å². The summed E-state index contributed by atoms with van der Waals surface area (Å²) in [6, 6.07) is 2.37. The molecule has 1 N–H and O–H groups in total. The molecule has 0 radical (unpaired) electrons. The van der Waals surface area contributed by atoms with Gasteiger partial charge < -0.3 is 4.90 Å². The summed E-state index contributed by atoms with van der Waals surface area (Å²) in [5.41, 5.74) is 0.978. The van der Waals surface area contributed by atoms with Crippen molar-refractivity contribution in [1.82, 2.24) is 9.38 Å². The average Bonchev–Trinajstić information content (AvgIpc) is 2.81. The van der Waals surface area contributed by atoms with E-state index >= 15 is 0 Å². The highest BCUT2D eigenvalue weighted by atomic mass is 32.1. The molecule has 0 aromatic carbocycles. The maximum atomic E-state index is 11.9. The van der Waals surface area contributed by atoms with Crippen molar-refractivity contribution in [3.8, 4) is 0 Å². The van der Waals surface area contributed by atoms with Gasteiger partial charge in [-0.3, -0.25) is 9.20 Å². The van der Waals surface area contributed by atoms with Crippen molar-refractivity contribution in [1.29, 1.82) is 0 Å². The zero-order valence-corrected chi connectivity index (χ0v) is 11.4. The minimum atomic E-state index is 0.0420. The first-order valence-electron chi connectivity index (χ1n) is 6.54. The molecule has 3 heterocycles. The van der Waals surface area contributed by atoms with Crippen LogP contribution in [0.25, 0.3) is 4.96 Å². The van der Waals surface area contributed by atoms with E-state index in [2.05, 4.69) is 11.9 Å². The molecule has 96 valence electrons. The second kappa shape index (κ2) is 4.82. The van der Waals surface area contributed by atoms with Gasteiger partial charge in [0.25, 0.3) is 5.56 Å². The lowest BCUT2D eigenvalue weighted by Gasteiger charge is -2.29. The molecule has 0 amide bonds. The van der Waals surface area contributed by atoms with Gasteiger partial charge >= 0.3 is 0 Å². The minimum absolute atomic E-state index is 0.0420. The van der Waals surface area contributed by atoms with E-state index in [-0.39, 0.29) is 5.56 Å². The van der Waals surface area contributed by atoms with E-state index in [1.54, 1.807) is 21.6 Å². The van der Waals surface area contributed by atoms with Crippen LogP contribution in [-0.2, 0) is 6.54 Å². The molecule has 1 aliphatic heterocycles. The van der Waals surface area contributed by atoms with Crippen LogP contribution in [0.3, 0.4) is 0 Å². The summed E-state index contributed by atoms with van der Waals surface area (Å²) >= 11 is 1.52. The normalized spacial score (nSPS) is 24.5. The molecular formula is C13H18N3OS+. The van der Waals surface area contributed by atoms with Gasteiger partial charge in [-0.25, -0.2) is 4.98 Å². The first-order chi connectivity index (χ1) is 8.74. The van der Waals surface area contributed by atoms with Crippen molar-refractivity contribution < 1.29 is 4.90 Å². The number of hydrogen-bond donors (Lipinski definition) is 1. The SMILES string of the molecule is C[C@H]1CCCC[NH+]1Cc1cc(=O)n2ccsc2n1. The largest absolute Gasteiger partial charge is 0.328 e. The maximum Gasteiger partial charge on any atom is 0.258 e. The highest BCUT2D eigenvalue weighted by molar-refractivity contribution is 7.15. The number of aromatic nitrogens is 2. The zero-order valence-electron chi connectivity index (χ0n) is 10.6. The van der Waals surface area contributed by atoms with Crippen LogP contribution in [0.1, 0.15) is 31.9 Å². The summed E-state index contributed by atoms with van der Waals surface area (Å²) < 4.78 is 1.61. The molecule has 1 fully saturated rings. The molecule has 18 heavy (non-hydrogen) atoms. The molecule has 4 nitrogen and oxygen atoms in total. The quantitative estimate of drug-likeness (QED) is 0.868. The Balaban J connectivity index is 1.87. The summed E-state index contributed by atoms with van der Waals surface area (Å²) in [4.78, 5) is 18.9. The number of nitrogens with zero attached hydrogens (tertiary/aromatic N) is 2. The van der Waals surface area contributed by atoms with Crippen LogP contribution >= 0.6 is 11.3 Å². The summed E-state index contributed by atoms with van der Waals surface area (Å²) in [5, 5.41) is 1.91. The Morgan fingerprint density at radius 1 is 1.56 bits per heavy atom. The molecule has 2 aromatic heterocycles. The van der Waals surface area contributed by atoms with E-state index in [4.69, 9.17) is 0 Å². The molecule has 1 unspecified atom stereocenters. The van der Waals surface area contributed by atoms with Gasteiger partial charge in [0.1, 0.15) is 12.2 Å². The predicted molar refractivity (Wildman–Crippen MR) is 72.2 cm³/mol. The second-order valence-electron chi connectivity index (χ2n) is 5.12. The molecule has 1 aliphatic rings. The number of piperidine rings is 1. The van der Waals surface area contributed by atoms with Gasteiger partial charge in [-0.05, 0) is 26.2 Å². The fourth-order valence-electron chi connectivity index (χ4n) is 2.73. The number of rotatable bonds is 2. The Hall–Kier alpha value is -1.20. The summed E-state index contributed by atoms with van der Waals surface area (Å²) in [5.74, 6) is 0. The molecule has 2 aromatic rings. The molecule has 1 saturated heterocycles. The molecule has 2 atom stereocenters. The molecular weight excluding hydrogens is 246 g/mol. The maximum absolute atomic E-state index is 11.9. The molecule has 0 aliphatic carbocycles. The van der Waals surface area contributed by atoms with Gasteiger partial charge in [0.05, 0.1) is 12.6 Å². The van der Waals surface area contributed by atoms with Gasteiger partial charge in [0.15, 0.2) is 4.96 Å². The zero-order chi connectivity index (χ0) is 12.5. The van der Waals surface area contributed by atoms with Crippen LogP contribution in [0.2, 0.25) is 0 Å². The van der Waals surface area contributed by atoms with Gasteiger partial charge in [-0.15, -0.1) is 11.3 Å². The fraction of sp³-hybridized carbons (Fsp3) is 0.538. The number of thiazole rings is 1. The standard InChI is InChI=1S/C13H17N3OS/c1-10-4-2-3-5-15(10)9-11-8-12(17)16-6-7-18-13(16)14-11/h6-8,10H,2-5,9H2,1H3/p+1/t10-/m0/s1. The second-order valence-corrected chi connectivity index (χ2v) is 6.00. The first-order valence-corrected chi connectivity index (χ1v) is 7.42. The van der Waals surface area contributed by atoms with Crippen molar-refractivity contribution in [3.05, 3.63) is 33.7 Å². The van der Waals surface area contributed by atoms with Crippen LogP contribution in [-0.4, -0.2) is 22.0 Å². The van der Waals surface area contributed by atoms with E-state index in [0.29, 0.717) is 6.04 Å². The van der Waals surface area contributed by atoms with Crippen LogP contribution in [0.4, 0.5) is 0 Å². The predicted octanol–water partition coefficient (Wildman–Crippen LogP) is 0.713. The monoisotopic (exact) mass is 264 g/mol. The van der Waals surface area contributed by atoms with Crippen molar-refractivity contribution in [2.24, 2.45) is 0 Å². The van der Waals surface area contributed by atoms with Crippen molar-refractivity contribution >= 4 is 16.3 Å². The smallest absolute Gasteiger partial charge is 0.258 e. The van der Waals surface area contributed by atoms with Gasteiger partial charge in [0.2, 0.25) is 0 Å². The lowest BCUT2D eigenvalue weighted by atomic mass is 10.0. The Labute approximate surface area is 110 Å². The van der Waals surface area contributed by atoms with E-state index in [0.717, 1.165) is 17.2 Å². The highest BCUT2D eigenvalue weighted by Gasteiger charge is 2.22.